The first kappa shape index (κ1) is 49.1. The van der Waals surface area contributed by atoms with Crippen LogP contribution >= 0.6 is 0 Å². The Labute approximate surface area is 370 Å². The van der Waals surface area contributed by atoms with Crippen molar-refractivity contribution < 1.29 is 72.5 Å². The summed E-state index contributed by atoms with van der Waals surface area (Å²) >= 11 is 0. The van der Waals surface area contributed by atoms with Gasteiger partial charge >= 0.3 is 25.0 Å². The number of carbonyl (C=O) groups is 2. The first-order valence-electron chi connectivity index (χ1n) is 21.3. The predicted molar refractivity (Wildman–Crippen MR) is 218 cm³/mol. The first-order valence-corrected chi connectivity index (χ1v) is 21.3. The quantitative estimate of drug-likeness (QED) is 0.134. The number of rotatable bonds is 8. The molecule has 66 heavy (non-hydrogen) atoms. The lowest BCUT2D eigenvalue weighted by atomic mass is 9.72. The summed E-state index contributed by atoms with van der Waals surface area (Å²) in [5, 5.41) is 24.2. The molecule has 4 aromatic rings. The van der Waals surface area contributed by atoms with Crippen molar-refractivity contribution in [1.82, 2.24) is 29.6 Å². The number of benzene rings is 2. The lowest BCUT2D eigenvalue weighted by Crippen LogP contribution is -2.52. The standard InChI is InChI=1S/C22H25F6N3O2.C22H23F6N3O2/c2*1-3-12(10-32)29-20(33)11-7-14-13-5-4-6-16-18(13)15(8-17(14)30(2)9-11)19(21(23,24)25)31(16)22(26,27)28/h4-6,11-12,14,17,32H,3,7-10H2,1-2H3,(H,29,33);4-7,11-12,17,32H,3,8-10H2,1-2H3,(H,29,33)/t11-,12+,14?,17-;11-,12+,17-/m11/s1. The Morgan fingerprint density at radius 2 is 1.21 bits per heavy atom. The van der Waals surface area contributed by atoms with Crippen molar-refractivity contribution in [2.24, 2.45) is 11.8 Å². The molecular weight excluding hydrogens is 904 g/mol. The topological polar surface area (TPSA) is 115 Å². The number of carbonyl (C=O) groups excluding carboxylic acids is 2. The van der Waals surface area contributed by atoms with E-state index in [0.717, 1.165) is 12.1 Å². The molecule has 2 aliphatic carbocycles. The number of aliphatic hydroxyl groups is 2. The Morgan fingerprint density at radius 3 is 1.73 bits per heavy atom. The maximum Gasteiger partial charge on any atom is 0.489 e. The van der Waals surface area contributed by atoms with Crippen LogP contribution in [-0.4, -0.2) is 106 Å². The smallest absolute Gasteiger partial charge is 0.394 e. The lowest BCUT2D eigenvalue weighted by molar-refractivity contribution is -0.219. The van der Waals surface area contributed by atoms with E-state index in [1.165, 1.54) is 18.2 Å². The SMILES string of the molecule is CC[C@@H](CO)NC(=O)[C@@H]1C=C2c3cccc4c3c(c(C(F)(F)F)n4C(F)(F)F)C[C@H]2N(C)C1.CC[C@@H](CO)NC(=O)[C@@H]1CC2c3cccc4c3c(c(C(F)(F)F)n4C(F)(F)F)C[C@H]2N(C)C1. The maximum absolute atomic E-state index is 13.9. The number of nitrogens with zero attached hydrogens (tertiary/aromatic N) is 4. The van der Waals surface area contributed by atoms with Crippen molar-refractivity contribution in [3.8, 4) is 0 Å². The number of hydrogen-bond donors (Lipinski definition) is 4. The summed E-state index contributed by atoms with van der Waals surface area (Å²) in [6.45, 7) is 3.62. The van der Waals surface area contributed by atoms with Gasteiger partial charge in [0.15, 0.2) is 0 Å². The van der Waals surface area contributed by atoms with Crippen LogP contribution in [0.25, 0.3) is 27.4 Å². The van der Waals surface area contributed by atoms with E-state index in [1.54, 1.807) is 43.0 Å². The molecule has 4 heterocycles. The largest absolute Gasteiger partial charge is 0.489 e. The van der Waals surface area contributed by atoms with Gasteiger partial charge in [0.05, 0.1) is 48.2 Å². The fourth-order valence-corrected chi connectivity index (χ4v) is 10.4. The summed E-state index contributed by atoms with van der Waals surface area (Å²) in [4.78, 5) is 29.0. The Bertz CT molecular complexity index is 2510. The molecule has 0 spiro atoms. The highest BCUT2D eigenvalue weighted by molar-refractivity contribution is 6.01. The molecule has 0 bridgehead atoms. The molecule has 1 unspecified atom stereocenters. The Morgan fingerprint density at radius 1 is 0.697 bits per heavy atom. The van der Waals surface area contributed by atoms with Gasteiger partial charge in [0.1, 0.15) is 11.4 Å². The lowest BCUT2D eigenvalue weighted by Gasteiger charge is -2.45. The van der Waals surface area contributed by atoms with Gasteiger partial charge in [-0.2, -0.15) is 26.3 Å². The molecule has 2 aromatic heterocycles. The van der Waals surface area contributed by atoms with E-state index in [2.05, 4.69) is 10.6 Å². The number of halogens is 12. The molecule has 4 aliphatic rings. The van der Waals surface area contributed by atoms with Crippen LogP contribution in [-0.2, 0) is 47.4 Å². The van der Waals surface area contributed by atoms with Crippen LogP contribution in [0.2, 0.25) is 0 Å². The number of likely N-dealkylation sites (N-methyl/N-ethyl adjacent to an activating group) is 2. The second-order valence-corrected chi connectivity index (χ2v) is 17.4. The highest BCUT2D eigenvalue weighted by atomic mass is 19.4. The molecule has 2 amide bonds. The van der Waals surface area contributed by atoms with Crippen molar-refractivity contribution in [3.63, 3.8) is 0 Å². The minimum Gasteiger partial charge on any atom is -0.394 e. The fraction of sp³-hybridized carbons (Fsp3) is 0.545. The third kappa shape index (κ3) is 8.77. The summed E-state index contributed by atoms with van der Waals surface area (Å²) in [6.07, 6.45) is -18.3. The zero-order valence-corrected chi connectivity index (χ0v) is 36.0. The van der Waals surface area contributed by atoms with E-state index >= 15 is 0 Å². The molecule has 22 heteroatoms. The fourth-order valence-electron chi connectivity index (χ4n) is 10.4. The number of aliphatic hydroxyl groups excluding tert-OH is 2. The molecule has 2 aromatic carbocycles. The number of aromatic nitrogens is 2. The summed E-state index contributed by atoms with van der Waals surface area (Å²) < 4.78 is 165. The van der Waals surface area contributed by atoms with Crippen molar-refractivity contribution in [2.75, 3.05) is 40.4 Å². The summed E-state index contributed by atoms with van der Waals surface area (Å²) in [7, 11) is 3.32. The average Bonchev–Trinajstić information content (AvgIpc) is 3.78. The Kier molecular flexibility index (Phi) is 13.2. The second-order valence-electron chi connectivity index (χ2n) is 17.4. The minimum atomic E-state index is -5.25. The molecule has 0 saturated carbocycles. The minimum absolute atomic E-state index is 0.0142. The van der Waals surface area contributed by atoms with Crippen molar-refractivity contribution in [1.29, 1.82) is 0 Å². The molecule has 1 fully saturated rings. The Hall–Kier alpha value is -4.80. The summed E-state index contributed by atoms with van der Waals surface area (Å²) in [6, 6.07) is 5.92. The van der Waals surface area contributed by atoms with E-state index in [4.69, 9.17) is 0 Å². The summed E-state index contributed by atoms with van der Waals surface area (Å²) in [5.41, 5.74) is -3.94. The molecule has 10 nitrogen and oxygen atoms in total. The molecule has 7 atom stereocenters. The van der Waals surface area contributed by atoms with E-state index in [1.807, 2.05) is 6.92 Å². The molecule has 0 radical (unpaired) electrons. The number of alkyl halides is 12. The third-order valence-corrected chi connectivity index (χ3v) is 13.4. The van der Waals surface area contributed by atoms with Crippen molar-refractivity contribution in [3.05, 3.63) is 76.1 Å². The van der Waals surface area contributed by atoms with Crippen LogP contribution in [0.5, 0.6) is 0 Å². The number of piperidine rings is 1. The molecule has 8 rings (SSSR count). The van der Waals surface area contributed by atoms with Crippen LogP contribution in [0.1, 0.15) is 72.7 Å². The van der Waals surface area contributed by atoms with Gasteiger partial charge in [0, 0.05) is 41.9 Å². The van der Waals surface area contributed by atoms with Gasteiger partial charge in [-0.15, -0.1) is 26.3 Å². The summed E-state index contributed by atoms with van der Waals surface area (Å²) in [5.74, 6) is -2.18. The van der Waals surface area contributed by atoms with Gasteiger partial charge in [-0.25, -0.2) is 9.13 Å². The van der Waals surface area contributed by atoms with Crippen LogP contribution in [0.15, 0.2) is 42.5 Å². The second kappa shape index (κ2) is 17.7. The third-order valence-electron chi connectivity index (χ3n) is 13.4. The van der Waals surface area contributed by atoms with E-state index in [-0.39, 0.29) is 78.4 Å². The average molecular weight is 953 g/mol. The maximum atomic E-state index is 13.9. The Balaban J connectivity index is 0.000000196. The van der Waals surface area contributed by atoms with Crippen LogP contribution in [0.3, 0.4) is 0 Å². The zero-order chi connectivity index (χ0) is 48.6. The molecular formula is C44H48F12N6O4. The predicted octanol–water partition coefficient (Wildman–Crippen LogP) is 7.88. The molecule has 4 N–H and O–H groups in total. The number of fused-ring (bicyclic) bond motifs is 4. The van der Waals surface area contributed by atoms with Crippen molar-refractivity contribution in [2.45, 2.75) is 101 Å². The van der Waals surface area contributed by atoms with Crippen molar-refractivity contribution >= 4 is 39.2 Å². The van der Waals surface area contributed by atoms with Gasteiger partial charge in [0.25, 0.3) is 0 Å². The first-order chi connectivity index (χ1) is 30.8. The van der Waals surface area contributed by atoms with Gasteiger partial charge in [-0.1, -0.05) is 44.2 Å². The monoisotopic (exact) mass is 952 g/mol. The molecule has 1 saturated heterocycles. The normalized spacial score (nSPS) is 23.4. The number of likely N-dealkylation sites (tertiary alicyclic amines) is 1. The van der Waals surface area contributed by atoms with Crippen LogP contribution in [0.4, 0.5) is 52.7 Å². The van der Waals surface area contributed by atoms with E-state index < -0.39 is 98.4 Å². The van der Waals surface area contributed by atoms with Gasteiger partial charge in [0.2, 0.25) is 11.8 Å². The van der Waals surface area contributed by atoms with Gasteiger partial charge in [-0.3, -0.25) is 14.5 Å². The van der Waals surface area contributed by atoms with Crippen LogP contribution < -0.4 is 10.6 Å². The number of nitrogens with one attached hydrogen (secondary N) is 2. The highest BCUT2D eigenvalue weighted by Gasteiger charge is 2.52. The van der Waals surface area contributed by atoms with Crippen LogP contribution in [0, 0.1) is 11.8 Å². The zero-order valence-electron chi connectivity index (χ0n) is 36.0. The van der Waals surface area contributed by atoms with E-state index in [0.29, 0.717) is 30.4 Å². The highest BCUT2D eigenvalue weighted by Crippen LogP contribution is 2.52. The molecule has 2 aliphatic heterocycles. The van der Waals surface area contributed by atoms with Gasteiger partial charge < -0.3 is 25.7 Å². The molecule has 362 valence electrons. The number of hydrogen-bond acceptors (Lipinski definition) is 6. The van der Waals surface area contributed by atoms with Gasteiger partial charge in [-0.05, 0) is 86.2 Å². The number of amides is 2. The van der Waals surface area contributed by atoms with E-state index in [9.17, 15) is 72.5 Å².